The van der Waals surface area contributed by atoms with Crippen LogP contribution in [0.25, 0.3) is 0 Å². The molecule has 2 aromatic carbocycles. The molecule has 0 bridgehead atoms. The van der Waals surface area contributed by atoms with Crippen molar-refractivity contribution in [3.8, 4) is 0 Å². The summed E-state index contributed by atoms with van der Waals surface area (Å²) in [6, 6.07) is 9.22. The monoisotopic (exact) mass is 417 g/mol. The Morgan fingerprint density at radius 2 is 1.81 bits per heavy atom. The van der Waals surface area contributed by atoms with Crippen LogP contribution in [0.5, 0.6) is 0 Å². The van der Waals surface area contributed by atoms with Gasteiger partial charge < -0.3 is 0 Å². The van der Waals surface area contributed by atoms with Gasteiger partial charge in [0, 0.05) is 17.3 Å². The first-order valence-corrected chi connectivity index (χ1v) is 9.44. The minimum absolute atomic E-state index is 0.0168. The van der Waals surface area contributed by atoms with Crippen LogP contribution in [0.4, 0.5) is 14.6 Å². The van der Waals surface area contributed by atoms with Gasteiger partial charge in [-0.15, -0.1) is 0 Å². The Balaban J connectivity index is 1.86. The second kappa shape index (κ2) is 7.22. The maximum Gasteiger partial charge on any atom is 0.266 e. The van der Waals surface area contributed by atoms with Gasteiger partial charge in [-0.2, -0.15) is 5.10 Å². The summed E-state index contributed by atoms with van der Waals surface area (Å²) in [5, 5.41) is 4.58. The van der Waals surface area contributed by atoms with Crippen LogP contribution in [0.15, 0.2) is 53.6 Å². The third-order valence-corrected chi connectivity index (χ3v) is 5.44. The lowest BCUT2D eigenvalue weighted by Crippen LogP contribution is -2.15. The smallest absolute Gasteiger partial charge is 0.265 e. The minimum Gasteiger partial charge on any atom is -0.265 e. The summed E-state index contributed by atoms with van der Waals surface area (Å²) in [5.41, 5.74) is 0.757. The van der Waals surface area contributed by atoms with E-state index in [1.807, 2.05) is 0 Å². The molecule has 0 aliphatic rings. The van der Waals surface area contributed by atoms with E-state index < -0.39 is 26.6 Å². The Morgan fingerprint density at radius 1 is 1.08 bits per heavy atom. The van der Waals surface area contributed by atoms with E-state index in [9.17, 15) is 17.2 Å². The first-order chi connectivity index (χ1) is 12.3. The molecule has 0 spiro atoms. The van der Waals surface area contributed by atoms with Crippen LogP contribution in [0.1, 0.15) is 5.56 Å². The van der Waals surface area contributed by atoms with Crippen LogP contribution in [0, 0.1) is 11.6 Å². The van der Waals surface area contributed by atoms with Crippen molar-refractivity contribution in [2.75, 3.05) is 4.72 Å². The van der Waals surface area contributed by atoms with Crippen molar-refractivity contribution in [1.29, 1.82) is 0 Å². The van der Waals surface area contributed by atoms with Gasteiger partial charge in [-0.25, -0.2) is 17.2 Å². The maximum absolute atomic E-state index is 13.8. The molecule has 5 nitrogen and oxygen atoms in total. The highest BCUT2D eigenvalue weighted by atomic mass is 35.5. The molecule has 0 atom stereocenters. The molecule has 1 aromatic heterocycles. The molecule has 3 rings (SSSR count). The molecule has 0 saturated heterocycles. The second-order valence-electron chi connectivity index (χ2n) is 5.29. The molecule has 136 valence electrons. The first kappa shape index (κ1) is 18.6. The number of nitrogens with one attached hydrogen (secondary N) is 1. The third kappa shape index (κ3) is 3.98. The number of halogens is 4. The van der Waals surface area contributed by atoms with E-state index in [-0.39, 0.29) is 17.4 Å². The van der Waals surface area contributed by atoms with E-state index in [2.05, 4.69) is 9.82 Å². The van der Waals surface area contributed by atoms with Crippen molar-refractivity contribution in [3.05, 3.63) is 75.9 Å². The summed E-state index contributed by atoms with van der Waals surface area (Å²) in [6.07, 6.45) is 1.41. The SMILES string of the molecule is O=S(=O)(Nc1nn(Cc2ccccc2Cl)cc1Cl)c1ccc(F)cc1F. The number of hydrogen-bond donors (Lipinski definition) is 1. The average molecular weight is 418 g/mol. The van der Waals surface area contributed by atoms with Crippen LogP contribution in [-0.2, 0) is 16.6 Å². The number of benzene rings is 2. The number of rotatable bonds is 5. The molecule has 1 N–H and O–H groups in total. The van der Waals surface area contributed by atoms with Crippen molar-refractivity contribution in [1.82, 2.24) is 9.78 Å². The van der Waals surface area contributed by atoms with E-state index in [1.54, 1.807) is 24.3 Å². The van der Waals surface area contributed by atoms with E-state index in [0.717, 1.165) is 17.7 Å². The number of sulfonamides is 1. The summed E-state index contributed by atoms with van der Waals surface area (Å²) < 4.78 is 54.8. The quantitative estimate of drug-likeness (QED) is 0.672. The Hall–Kier alpha value is -2.16. The molecule has 26 heavy (non-hydrogen) atoms. The predicted octanol–water partition coefficient (Wildman–Crippen LogP) is 4.32. The number of anilines is 1. The van der Waals surface area contributed by atoms with E-state index in [0.29, 0.717) is 11.1 Å². The molecule has 0 unspecified atom stereocenters. The van der Waals surface area contributed by atoms with Crippen LogP contribution in [0.3, 0.4) is 0 Å². The molecule has 0 saturated carbocycles. The highest BCUT2D eigenvalue weighted by Crippen LogP contribution is 2.25. The van der Waals surface area contributed by atoms with Crippen molar-refractivity contribution in [2.24, 2.45) is 0 Å². The second-order valence-corrected chi connectivity index (χ2v) is 7.76. The fraction of sp³-hybridized carbons (Fsp3) is 0.0625. The van der Waals surface area contributed by atoms with Crippen LogP contribution in [-0.4, -0.2) is 18.2 Å². The van der Waals surface area contributed by atoms with Gasteiger partial charge in [0.2, 0.25) is 0 Å². The number of nitrogens with zero attached hydrogens (tertiary/aromatic N) is 2. The Kier molecular flexibility index (Phi) is 5.17. The van der Waals surface area contributed by atoms with E-state index in [4.69, 9.17) is 23.2 Å². The van der Waals surface area contributed by atoms with Gasteiger partial charge in [-0.1, -0.05) is 41.4 Å². The van der Waals surface area contributed by atoms with Crippen molar-refractivity contribution >= 4 is 39.0 Å². The summed E-state index contributed by atoms with van der Waals surface area (Å²) in [7, 11) is -4.33. The van der Waals surface area contributed by atoms with Crippen LogP contribution >= 0.6 is 23.2 Å². The largest absolute Gasteiger partial charge is 0.266 e. The lowest BCUT2D eigenvalue weighted by molar-refractivity contribution is 0.551. The van der Waals surface area contributed by atoms with Gasteiger partial charge in [0.25, 0.3) is 10.0 Å². The maximum atomic E-state index is 13.8. The highest BCUT2D eigenvalue weighted by molar-refractivity contribution is 7.92. The lowest BCUT2D eigenvalue weighted by atomic mass is 10.2. The zero-order chi connectivity index (χ0) is 18.9. The topological polar surface area (TPSA) is 64.0 Å². The summed E-state index contributed by atoms with van der Waals surface area (Å²) >= 11 is 12.1. The molecule has 0 amide bonds. The van der Waals surface area contributed by atoms with Gasteiger partial charge in [0.15, 0.2) is 5.82 Å². The Labute approximate surface area is 158 Å². The fourth-order valence-corrected chi connectivity index (χ4v) is 3.75. The highest BCUT2D eigenvalue weighted by Gasteiger charge is 2.22. The number of aromatic nitrogens is 2. The zero-order valence-electron chi connectivity index (χ0n) is 13.0. The summed E-state index contributed by atoms with van der Waals surface area (Å²) in [5.74, 6) is -2.28. The van der Waals surface area contributed by atoms with Crippen LogP contribution < -0.4 is 4.72 Å². The molecular weight excluding hydrogens is 407 g/mol. The minimum atomic E-state index is -4.33. The standard InChI is InChI=1S/C16H11Cl2F2N3O2S/c17-12-4-2-1-3-10(12)8-23-9-13(18)16(21-23)22-26(24,25)15-6-5-11(19)7-14(15)20/h1-7,9H,8H2,(H,21,22). The van der Waals surface area contributed by atoms with Gasteiger partial charge in [-0.3, -0.25) is 9.40 Å². The van der Waals surface area contributed by atoms with Gasteiger partial charge >= 0.3 is 0 Å². The molecular formula is C16H11Cl2F2N3O2S. The van der Waals surface area contributed by atoms with Crippen LogP contribution in [0.2, 0.25) is 10.0 Å². The molecule has 0 fully saturated rings. The van der Waals surface area contributed by atoms with Gasteiger partial charge in [0.1, 0.15) is 21.6 Å². The summed E-state index contributed by atoms with van der Waals surface area (Å²) in [4.78, 5) is -0.712. The average Bonchev–Trinajstić information content (AvgIpc) is 2.88. The zero-order valence-corrected chi connectivity index (χ0v) is 15.3. The van der Waals surface area contributed by atoms with Crippen molar-refractivity contribution in [3.63, 3.8) is 0 Å². The normalized spacial score (nSPS) is 11.5. The van der Waals surface area contributed by atoms with Gasteiger partial charge in [0.05, 0.1) is 6.54 Å². The lowest BCUT2D eigenvalue weighted by Gasteiger charge is -2.07. The van der Waals surface area contributed by atoms with E-state index in [1.165, 1.54) is 10.9 Å². The van der Waals surface area contributed by atoms with Gasteiger partial charge in [-0.05, 0) is 23.8 Å². The molecule has 3 aromatic rings. The molecule has 10 heteroatoms. The Morgan fingerprint density at radius 3 is 2.50 bits per heavy atom. The molecule has 0 aliphatic heterocycles. The van der Waals surface area contributed by atoms with Crippen molar-refractivity contribution in [2.45, 2.75) is 11.4 Å². The fourth-order valence-electron chi connectivity index (χ4n) is 2.22. The molecule has 1 heterocycles. The predicted molar refractivity (Wildman–Crippen MR) is 95.0 cm³/mol. The Bertz CT molecular complexity index is 1070. The van der Waals surface area contributed by atoms with E-state index >= 15 is 0 Å². The summed E-state index contributed by atoms with van der Waals surface area (Å²) in [6.45, 7) is 0.256. The molecule has 0 radical (unpaired) electrons. The molecule has 0 aliphatic carbocycles. The van der Waals surface area contributed by atoms with Crippen molar-refractivity contribution < 1.29 is 17.2 Å². The number of hydrogen-bond acceptors (Lipinski definition) is 3. The third-order valence-electron chi connectivity index (χ3n) is 3.42. The first-order valence-electron chi connectivity index (χ1n) is 7.20.